The molecule has 90 valence electrons. The largest absolute Gasteiger partial charge is 0.384 e. The molecular weight excluding hydrogens is 210 g/mol. The van der Waals surface area contributed by atoms with Crippen LogP contribution in [0.5, 0.6) is 0 Å². The van der Waals surface area contributed by atoms with Gasteiger partial charge in [-0.1, -0.05) is 6.07 Å². The molecule has 1 aliphatic rings. The zero-order valence-corrected chi connectivity index (χ0v) is 10.3. The summed E-state index contributed by atoms with van der Waals surface area (Å²) in [5.74, 6) is 0.790. The third kappa shape index (κ3) is 3.21. The van der Waals surface area contributed by atoms with Gasteiger partial charge in [-0.2, -0.15) is 5.26 Å². The van der Waals surface area contributed by atoms with E-state index in [1.54, 1.807) is 0 Å². The normalized spacial score (nSPS) is 18.9. The minimum Gasteiger partial charge on any atom is -0.384 e. The lowest BCUT2D eigenvalue weighted by atomic mass is 10.0. The Labute approximate surface area is 103 Å². The molecule has 1 unspecified atom stereocenters. The second-order valence-corrected chi connectivity index (χ2v) is 4.74. The van der Waals surface area contributed by atoms with Crippen molar-refractivity contribution in [1.29, 1.82) is 5.26 Å². The molecule has 3 nitrogen and oxygen atoms in total. The summed E-state index contributed by atoms with van der Waals surface area (Å²) in [6.45, 7) is 5.25. The van der Waals surface area contributed by atoms with E-state index in [9.17, 15) is 0 Å². The molecule has 1 aliphatic heterocycles. The Morgan fingerprint density at radius 1 is 1.53 bits per heavy atom. The maximum absolute atomic E-state index is 9.05. The second kappa shape index (κ2) is 5.70. The van der Waals surface area contributed by atoms with Gasteiger partial charge in [0.05, 0.1) is 11.3 Å². The summed E-state index contributed by atoms with van der Waals surface area (Å²) in [6.07, 6.45) is 2.45. The van der Waals surface area contributed by atoms with Crippen molar-refractivity contribution in [2.24, 2.45) is 5.92 Å². The van der Waals surface area contributed by atoms with Gasteiger partial charge >= 0.3 is 0 Å². The van der Waals surface area contributed by atoms with Crippen molar-refractivity contribution >= 4 is 5.69 Å². The number of hydrogen-bond donors (Lipinski definition) is 2. The lowest BCUT2D eigenvalue weighted by Gasteiger charge is -2.11. The van der Waals surface area contributed by atoms with Crippen LogP contribution >= 0.6 is 0 Å². The molecule has 1 heterocycles. The van der Waals surface area contributed by atoms with E-state index in [0.717, 1.165) is 42.4 Å². The summed E-state index contributed by atoms with van der Waals surface area (Å²) in [4.78, 5) is 0. The van der Waals surface area contributed by atoms with Crippen LogP contribution in [-0.2, 0) is 0 Å². The molecule has 1 saturated heterocycles. The first-order chi connectivity index (χ1) is 8.29. The number of benzene rings is 1. The minimum absolute atomic E-state index is 0.745. The van der Waals surface area contributed by atoms with E-state index in [1.165, 1.54) is 12.8 Å². The van der Waals surface area contributed by atoms with Crippen LogP contribution in [0.4, 0.5) is 5.69 Å². The first-order valence-electron chi connectivity index (χ1n) is 6.25. The van der Waals surface area contributed by atoms with Gasteiger partial charge in [0.2, 0.25) is 0 Å². The van der Waals surface area contributed by atoms with Crippen molar-refractivity contribution in [3.63, 3.8) is 0 Å². The van der Waals surface area contributed by atoms with Crippen molar-refractivity contribution in [2.45, 2.75) is 19.8 Å². The van der Waals surface area contributed by atoms with Crippen LogP contribution in [0.2, 0.25) is 0 Å². The molecule has 0 aliphatic carbocycles. The smallest absolute Gasteiger partial charge is 0.101 e. The summed E-state index contributed by atoms with van der Waals surface area (Å²) in [5.41, 5.74) is 2.84. The van der Waals surface area contributed by atoms with Gasteiger partial charge in [0, 0.05) is 6.54 Å². The minimum atomic E-state index is 0.745. The van der Waals surface area contributed by atoms with Gasteiger partial charge in [-0.05, 0) is 56.5 Å². The molecule has 1 aromatic rings. The first kappa shape index (κ1) is 11.9. The second-order valence-electron chi connectivity index (χ2n) is 4.74. The molecule has 0 saturated carbocycles. The van der Waals surface area contributed by atoms with Crippen LogP contribution in [0.1, 0.15) is 24.0 Å². The summed E-state index contributed by atoms with van der Waals surface area (Å²) < 4.78 is 0. The first-order valence-corrected chi connectivity index (χ1v) is 6.25. The van der Waals surface area contributed by atoms with Gasteiger partial charge in [0.1, 0.15) is 6.07 Å². The number of anilines is 1. The Bertz CT molecular complexity index is 414. The molecule has 0 spiro atoms. The molecular formula is C14H19N3. The molecule has 0 amide bonds. The standard InChI is InChI=1S/C14H19N3/c1-11-2-3-14(13(8-11)9-15)17-7-5-12-4-6-16-10-12/h2-3,8,12,16-17H,4-7,10H2,1H3. The van der Waals surface area contributed by atoms with Crippen molar-refractivity contribution < 1.29 is 0 Å². The fraction of sp³-hybridized carbons (Fsp3) is 0.500. The predicted octanol–water partition coefficient (Wildman–Crippen LogP) is 2.28. The monoisotopic (exact) mass is 229 g/mol. The SMILES string of the molecule is Cc1ccc(NCCC2CCNC2)c(C#N)c1. The number of nitriles is 1. The van der Waals surface area contributed by atoms with Gasteiger partial charge in [-0.25, -0.2) is 0 Å². The highest BCUT2D eigenvalue weighted by atomic mass is 14.9. The lowest BCUT2D eigenvalue weighted by molar-refractivity contribution is 0.549. The van der Waals surface area contributed by atoms with E-state index < -0.39 is 0 Å². The van der Waals surface area contributed by atoms with Crippen LogP contribution in [0.3, 0.4) is 0 Å². The predicted molar refractivity (Wildman–Crippen MR) is 70.0 cm³/mol. The number of aryl methyl sites for hydroxylation is 1. The fourth-order valence-electron chi connectivity index (χ4n) is 2.28. The van der Waals surface area contributed by atoms with E-state index >= 15 is 0 Å². The average molecular weight is 229 g/mol. The van der Waals surface area contributed by atoms with Gasteiger partial charge in [-0.3, -0.25) is 0 Å². The fourth-order valence-corrected chi connectivity index (χ4v) is 2.28. The molecule has 2 N–H and O–H groups in total. The van der Waals surface area contributed by atoms with Crippen molar-refractivity contribution in [3.8, 4) is 6.07 Å². The van der Waals surface area contributed by atoms with Crippen molar-refractivity contribution in [2.75, 3.05) is 25.0 Å². The number of nitrogens with one attached hydrogen (secondary N) is 2. The zero-order valence-electron chi connectivity index (χ0n) is 10.3. The highest BCUT2D eigenvalue weighted by Gasteiger charge is 2.13. The third-order valence-electron chi connectivity index (χ3n) is 3.33. The third-order valence-corrected chi connectivity index (χ3v) is 3.33. The van der Waals surface area contributed by atoms with E-state index in [-0.39, 0.29) is 0 Å². The van der Waals surface area contributed by atoms with Crippen LogP contribution in [-0.4, -0.2) is 19.6 Å². The van der Waals surface area contributed by atoms with E-state index in [4.69, 9.17) is 5.26 Å². The molecule has 2 rings (SSSR count). The molecule has 1 fully saturated rings. The average Bonchev–Trinajstić information content (AvgIpc) is 2.84. The molecule has 0 radical (unpaired) electrons. The van der Waals surface area contributed by atoms with E-state index in [1.807, 2.05) is 25.1 Å². The Morgan fingerprint density at radius 3 is 3.12 bits per heavy atom. The summed E-state index contributed by atoms with van der Waals surface area (Å²) in [6, 6.07) is 8.21. The molecule has 1 atom stereocenters. The van der Waals surface area contributed by atoms with Crippen LogP contribution in [0.15, 0.2) is 18.2 Å². The van der Waals surface area contributed by atoms with Crippen LogP contribution in [0, 0.1) is 24.2 Å². The van der Waals surface area contributed by atoms with Gasteiger partial charge in [0.25, 0.3) is 0 Å². The van der Waals surface area contributed by atoms with Gasteiger partial charge in [0.15, 0.2) is 0 Å². The Hall–Kier alpha value is -1.53. The van der Waals surface area contributed by atoms with Gasteiger partial charge in [-0.15, -0.1) is 0 Å². The van der Waals surface area contributed by atoms with Gasteiger partial charge < -0.3 is 10.6 Å². The number of hydrogen-bond acceptors (Lipinski definition) is 3. The maximum Gasteiger partial charge on any atom is 0.101 e. The molecule has 17 heavy (non-hydrogen) atoms. The van der Waals surface area contributed by atoms with Crippen molar-refractivity contribution in [1.82, 2.24) is 5.32 Å². The topological polar surface area (TPSA) is 47.8 Å². The highest BCUT2D eigenvalue weighted by Crippen LogP contribution is 2.17. The number of rotatable bonds is 4. The van der Waals surface area contributed by atoms with E-state index in [0.29, 0.717) is 0 Å². The zero-order chi connectivity index (χ0) is 12.1. The Kier molecular flexibility index (Phi) is 4.00. The van der Waals surface area contributed by atoms with E-state index in [2.05, 4.69) is 16.7 Å². The molecule has 0 aromatic heterocycles. The number of nitrogens with zero attached hydrogens (tertiary/aromatic N) is 1. The lowest BCUT2D eigenvalue weighted by Crippen LogP contribution is -2.13. The Balaban J connectivity index is 1.88. The maximum atomic E-state index is 9.05. The quantitative estimate of drug-likeness (QED) is 0.832. The van der Waals surface area contributed by atoms with Crippen LogP contribution < -0.4 is 10.6 Å². The van der Waals surface area contributed by atoms with Crippen LogP contribution in [0.25, 0.3) is 0 Å². The summed E-state index contributed by atoms with van der Waals surface area (Å²) >= 11 is 0. The molecule has 0 bridgehead atoms. The molecule has 1 aromatic carbocycles. The summed E-state index contributed by atoms with van der Waals surface area (Å²) in [5, 5.41) is 15.8. The Morgan fingerprint density at radius 2 is 2.41 bits per heavy atom. The highest BCUT2D eigenvalue weighted by molar-refractivity contribution is 5.58. The summed E-state index contributed by atoms with van der Waals surface area (Å²) in [7, 11) is 0. The molecule has 3 heteroatoms. The van der Waals surface area contributed by atoms with Crippen molar-refractivity contribution in [3.05, 3.63) is 29.3 Å².